The van der Waals surface area contributed by atoms with Gasteiger partial charge in [-0.3, -0.25) is 10.1 Å². The number of nitrogens with one attached hydrogen (secondary N) is 1. The summed E-state index contributed by atoms with van der Waals surface area (Å²) < 4.78 is 5.45. The van der Waals surface area contributed by atoms with Crippen LogP contribution in [-0.4, -0.2) is 19.0 Å². The van der Waals surface area contributed by atoms with Gasteiger partial charge in [0.05, 0.1) is 12.7 Å². The first-order valence-electron chi connectivity index (χ1n) is 7.13. The highest BCUT2D eigenvalue weighted by atomic mass is 32.1. The molecule has 0 saturated heterocycles. The zero-order valence-corrected chi connectivity index (χ0v) is 13.6. The van der Waals surface area contributed by atoms with Gasteiger partial charge in [0.25, 0.3) is 5.91 Å². The minimum Gasteiger partial charge on any atom is -0.496 e. The molecule has 1 aromatic heterocycles. The van der Waals surface area contributed by atoms with E-state index in [-0.39, 0.29) is 5.92 Å². The summed E-state index contributed by atoms with van der Waals surface area (Å²) in [6.07, 6.45) is 0.735. The molecule has 0 bridgehead atoms. The molecular formula is C16H17N3O3S. The van der Waals surface area contributed by atoms with E-state index < -0.39 is 11.9 Å². The lowest BCUT2D eigenvalue weighted by Crippen LogP contribution is -2.22. The molecule has 6 nitrogen and oxygen atoms in total. The number of thiophene rings is 1. The monoisotopic (exact) mass is 331 g/mol. The van der Waals surface area contributed by atoms with Crippen LogP contribution in [0.3, 0.4) is 0 Å². The highest BCUT2D eigenvalue weighted by Gasteiger charge is 2.32. The molecule has 120 valence electrons. The maximum absolute atomic E-state index is 11.9. The molecule has 0 spiro atoms. The van der Waals surface area contributed by atoms with E-state index in [2.05, 4.69) is 5.32 Å². The van der Waals surface area contributed by atoms with Crippen LogP contribution in [0.5, 0.6) is 5.75 Å². The zero-order valence-electron chi connectivity index (χ0n) is 12.8. The number of hydrogen-bond donors (Lipinski definition) is 3. The lowest BCUT2D eigenvalue weighted by atomic mass is 9.81. The summed E-state index contributed by atoms with van der Waals surface area (Å²) in [6, 6.07) is 5.09. The van der Waals surface area contributed by atoms with Crippen LogP contribution >= 0.6 is 11.3 Å². The van der Waals surface area contributed by atoms with Crippen molar-refractivity contribution in [3.8, 4) is 16.2 Å². The molecule has 0 aliphatic heterocycles. The largest absolute Gasteiger partial charge is 0.496 e. The molecule has 5 N–H and O–H groups in total. The van der Waals surface area contributed by atoms with Crippen LogP contribution in [0.25, 0.3) is 10.4 Å². The highest BCUT2D eigenvalue weighted by Crippen LogP contribution is 2.50. The Morgan fingerprint density at radius 2 is 2.09 bits per heavy atom. The molecule has 1 atom stereocenters. The lowest BCUT2D eigenvalue weighted by molar-refractivity contribution is 0.1000. The standard InChI is InChI=1S/C16H17N3O3S/c1-7-6-9-8(4-3-5-10(9)22-2)13-11(7)12(14(17)20)15(23-13)19-16(18)21/h3-5,7H,6H2,1-2H3,(H2,17,20)(H3,18,19,21). The van der Waals surface area contributed by atoms with Crippen molar-refractivity contribution in [3.63, 3.8) is 0 Å². The molecule has 1 aliphatic rings. The van der Waals surface area contributed by atoms with E-state index in [0.29, 0.717) is 10.6 Å². The Kier molecular flexibility index (Phi) is 3.73. The topological polar surface area (TPSA) is 107 Å². The SMILES string of the molecule is COc1cccc2c1CC(C)c1c-2sc(NC(N)=O)c1C(N)=O. The van der Waals surface area contributed by atoms with Crippen LogP contribution in [0, 0.1) is 0 Å². The van der Waals surface area contributed by atoms with Crippen LogP contribution in [0.1, 0.15) is 34.3 Å². The summed E-state index contributed by atoms with van der Waals surface area (Å²) in [4.78, 5) is 24.1. The lowest BCUT2D eigenvalue weighted by Gasteiger charge is -2.24. The Morgan fingerprint density at radius 1 is 1.35 bits per heavy atom. The van der Waals surface area contributed by atoms with E-state index in [1.54, 1.807) is 7.11 Å². The predicted octanol–water partition coefficient (Wildman–Crippen LogP) is 2.67. The summed E-state index contributed by atoms with van der Waals surface area (Å²) in [5.74, 6) is 0.332. The van der Waals surface area contributed by atoms with Gasteiger partial charge in [0.15, 0.2) is 0 Å². The molecule has 2 aromatic rings. The third kappa shape index (κ3) is 2.43. The number of nitrogens with two attached hydrogens (primary N) is 2. The minimum absolute atomic E-state index is 0.0796. The van der Waals surface area contributed by atoms with Crippen LogP contribution in [0.4, 0.5) is 9.80 Å². The second-order valence-electron chi connectivity index (χ2n) is 5.49. The average molecular weight is 331 g/mol. The van der Waals surface area contributed by atoms with E-state index >= 15 is 0 Å². The van der Waals surface area contributed by atoms with Gasteiger partial charge < -0.3 is 16.2 Å². The number of anilines is 1. The molecule has 1 aromatic carbocycles. The Hall–Kier alpha value is -2.54. The molecule has 0 fully saturated rings. The predicted molar refractivity (Wildman–Crippen MR) is 90.2 cm³/mol. The van der Waals surface area contributed by atoms with Crippen molar-refractivity contribution >= 4 is 28.3 Å². The number of urea groups is 1. The average Bonchev–Trinajstić information content (AvgIpc) is 2.86. The molecule has 7 heteroatoms. The molecular weight excluding hydrogens is 314 g/mol. The number of carbonyl (C=O) groups is 2. The third-order valence-electron chi connectivity index (χ3n) is 4.03. The molecule has 23 heavy (non-hydrogen) atoms. The van der Waals surface area contributed by atoms with Crippen LogP contribution in [-0.2, 0) is 6.42 Å². The number of hydrogen-bond acceptors (Lipinski definition) is 4. The molecule has 1 aliphatic carbocycles. The smallest absolute Gasteiger partial charge is 0.317 e. The van der Waals surface area contributed by atoms with Gasteiger partial charge in [0.1, 0.15) is 10.8 Å². The minimum atomic E-state index is -0.718. The third-order valence-corrected chi connectivity index (χ3v) is 5.18. The van der Waals surface area contributed by atoms with Crippen molar-refractivity contribution in [3.05, 3.63) is 34.9 Å². The van der Waals surface area contributed by atoms with Crippen LogP contribution < -0.4 is 21.5 Å². The van der Waals surface area contributed by atoms with E-state index in [1.807, 2.05) is 25.1 Å². The fourth-order valence-corrected chi connectivity index (χ4v) is 4.53. The maximum Gasteiger partial charge on any atom is 0.317 e. The summed E-state index contributed by atoms with van der Waals surface area (Å²) >= 11 is 1.32. The maximum atomic E-state index is 11.9. The Morgan fingerprint density at radius 3 is 2.70 bits per heavy atom. The Bertz CT molecular complexity index is 813. The Balaban J connectivity index is 2.28. The van der Waals surface area contributed by atoms with Crippen molar-refractivity contribution in [2.75, 3.05) is 12.4 Å². The molecule has 0 saturated carbocycles. The Labute approximate surface area is 137 Å². The number of amides is 3. The number of fused-ring (bicyclic) bond motifs is 3. The van der Waals surface area contributed by atoms with E-state index in [9.17, 15) is 9.59 Å². The summed E-state index contributed by atoms with van der Waals surface area (Å²) in [5, 5.41) is 2.92. The van der Waals surface area contributed by atoms with Crippen LogP contribution in [0.15, 0.2) is 18.2 Å². The summed E-state index contributed by atoms with van der Waals surface area (Å²) in [6.45, 7) is 2.03. The van der Waals surface area contributed by atoms with Crippen LogP contribution in [0.2, 0.25) is 0 Å². The molecule has 1 heterocycles. The van der Waals surface area contributed by atoms with Crippen molar-refractivity contribution < 1.29 is 14.3 Å². The first-order valence-corrected chi connectivity index (χ1v) is 7.94. The number of rotatable bonds is 3. The first kappa shape index (κ1) is 15.4. The summed E-state index contributed by atoms with van der Waals surface area (Å²) in [7, 11) is 1.64. The van der Waals surface area contributed by atoms with Gasteiger partial charge in [-0.15, -0.1) is 11.3 Å². The number of ether oxygens (including phenoxy) is 1. The van der Waals surface area contributed by atoms with Gasteiger partial charge in [-0.05, 0) is 29.5 Å². The van der Waals surface area contributed by atoms with Gasteiger partial charge in [0.2, 0.25) is 0 Å². The van der Waals surface area contributed by atoms with Crippen molar-refractivity contribution in [2.45, 2.75) is 19.3 Å². The number of methoxy groups -OCH3 is 1. The van der Waals surface area contributed by atoms with E-state index in [1.165, 1.54) is 11.3 Å². The van der Waals surface area contributed by atoms with Gasteiger partial charge in [-0.25, -0.2) is 4.79 Å². The van der Waals surface area contributed by atoms with Gasteiger partial charge >= 0.3 is 6.03 Å². The first-order chi connectivity index (χ1) is 10.9. The van der Waals surface area contributed by atoms with Crippen molar-refractivity contribution in [2.24, 2.45) is 11.5 Å². The van der Waals surface area contributed by atoms with Gasteiger partial charge in [0, 0.05) is 10.4 Å². The highest BCUT2D eigenvalue weighted by molar-refractivity contribution is 7.20. The molecule has 3 rings (SSSR count). The fourth-order valence-electron chi connectivity index (χ4n) is 3.15. The molecule has 3 amide bonds. The van der Waals surface area contributed by atoms with Gasteiger partial charge in [-0.1, -0.05) is 19.1 Å². The zero-order chi connectivity index (χ0) is 16.7. The summed E-state index contributed by atoms with van der Waals surface area (Å²) in [5.41, 5.74) is 14.1. The fraction of sp³-hybridized carbons (Fsp3) is 0.250. The normalized spacial score (nSPS) is 15.5. The second-order valence-corrected chi connectivity index (χ2v) is 6.51. The number of carbonyl (C=O) groups excluding carboxylic acids is 2. The van der Waals surface area contributed by atoms with Crippen molar-refractivity contribution in [1.82, 2.24) is 0 Å². The quantitative estimate of drug-likeness (QED) is 0.804. The molecule has 1 unspecified atom stereocenters. The van der Waals surface area contributed by atoms with E-state index in [0.717, 1.165) is 33.7 Å². The number of benzene rings is 1. The van der Waals surface area contributed by atoms with Gasteiger partial charge in [-0.2, -0.15) is 0 Å². The number of primary amides is 2. The second kappa shape index (κ2) is 5.58. The molecule has 0 radical (unpaired) electrons. The van der Waals surface area contributed by atoms with E-state index in [4.69, 9.17) is 16.2 Å². The van der Waals surface area contributed by atoms with Crippen molar-refractivity contribution in [1.29, 1.82) is 0 Å².